The number of fused-ring (bicyclic) bond motifs is 20. The van der Waals surface area contributed by atoms with E-state index in [1.54, 1.807) is 0 Å². The molecule has 4 aliphatic heterocycles. The Morgan fingerprint density at radius 2 is 0.655 bits per heavy atom. The molecule has 0 atom stereocenters. The molecule has 0 amide bonds. The molecule has 0 fully saturated rings. The van der Waals surface area contributed by atoms with E-state index in [1.165, 1.54) is 100.0 Å². The van der Waals surface area contributed by atoms with Gasteiger partial charge < -0.3 is 19.4 Å². The minimum Gasteiger partial charge on any atom is -0.458 e. The van der Waals surface area contributed by atoms with Crippen molar-refractivity contribution in [1.29, 1.82) is 0 Å². The third kappa shape index (κ3) is 10.5. The Hall–Kier alpha value is -13.7. The first-order valence-corrected chi connectivity index (χ1v) is 42.3. The molecule has 0 saturated carbocycles. The summed E-state index contributed by atoms with van der Waals surface area (Å²) in [7, 11) is 0. The monoisotopic (exact) mass is 1520 g/mol. The molecule has 6 heteroatoms. The lowest BCUT2D eigenvalue weighted by atomic mass is 9.30. The Labute approximate surface area is 699 Å². The predicted molar refractivity (Wildman–Crippen MR) is 503 cm³/mol. The zero-order valence-electron chi connectivity index (χ0n) is 68.5. The van der Waals surface area contributed by atoms with E-state index in [4.69, 9.17) is 4.74 Å². The lowest BCUT2D eigenvalue weighted by molar-refractivity contribution is 0.488. The van der Waals surface area contributed by atoms with Gasteiger partial charge in [-0.05, 0) is 222 Å². The summed E-state index contributed by atoms with van der Waals surface area (Å²) in [5.41, 5.74) is 41.9. The van der Waals surface area contributed by atoms with E-state index in [-0.39, 0.29) is 29.7 Å². The molecule has 0 radical (unpaired) electrons. The maximum absolute atomic E-state index is 8.34. The van der Waals surface area contributed by atoms with Crippen molar-refractivity contribution in [3.8, 4) is 89.4 Å². The normalized spacial score (nSPS) is 14.0. The summed E-state index contributed by atoms with van der Waals surface area (Å²) in [5, 5.41) is 2.22. The maximum atomic E-state index is 8.34. The van der Waals surface area contributed by atoms with Gasteiger partial charge in [0.2, 0.25) is 0 Å². The van der Waals surface area contributed by atoms with E-state index in [2.05, 4.69) is 441 Å². The highest BCUT2D eigenvalue weighted by Crippen LogP contribution is 2.65. The summed E-state index contributed by atoms with van der Waals surface area (Å²) in [6, 6.07) is 139. The standard InChI is InChI=1S/C113H87B2N3O/c1-110(2,3)76-62-86(70-36-15-10-16-37-70)107(87(63-76)71-38-17-11-18-39-71)117-99-69-102-96(68-95(99)114-93-54-31-33-56-97(93)116(79-44-23-14-24-45-79)100-66-78(112(7,8)9)67-101(117)105(100)114)115-94-55-32-34-57-98(94)118(108-88(72-40-19-12-20-41-72)64-77(111(4,5)6)65-89(108)73-42-21-13-22-43-73)109-81-59-58-74(60-75(81)61-103(119-102)106(109)115)80-49-35-50-85-84-48-27-30-53-92(84)113(104(80)85)90-51-28-25-46-82(90)83-47-26-29-52-91(83)113/h10-69H,1-9H3. The molecule has 0 saturated heterocycles. The largest absolute Gasteiger partial charge is 0.458 e. The predicted octanol–water partition coefficient (Wildman–Crippen LogP) is 25.9. The first-order chi connectivity index (χ1) is 58.0. The molecule has 17 aromatic carbocycles. The second kappa shape index (κ2) is 26.2. The van der Waals surface area contributed by atoms with Gasteiger partial charge in [0.1, 0.15) is 11.5 Å². The van der Waals surface area contributed by atoms with Crippen LogP contribution in [-0.2, 0) is 21.7 Å². The smallest absolute Gasteiger partial charge is 0.256 e. The number of nitrogens with zero attached hydrogens (tertiary/aromatic N) is 3. The number of ether oxygens (including phenoxy) is 1. The molecule has 0 N–H and O–H groups in total. The first-order valence-electron chi connectivity index (χ1n) is 42.3. The fourth-order valence-electron chi connectivity index (χ4n) is 21.2. The van der Waals surface area contributed by atoms with Crippen molar-refractivity contribution < 1.29 is 4.74 Å². The Kier molecular flexibility index (Phi) is 15.5. The van der Waals surface area contributed by atoms with E-state index >= 15 is 0 Å². The van der Waals surface area contributed by atoms with Crippen LogP contribution in [0.25, 0.3) is 88.7 Å². The molecule has 0 aromatic heterocycles. The van der Waals surface area contributed by atoms with Gasteiger partial charge in [-0.15, -0.1) is 0 Å². The van der Waals surface area contributed by atoms with Crippen molar-refractivity contribution in [1.82, 2.24) is 0 Å². The Balaban J connectivity index is 0.845. The van der Waals surface area contributed by atoms with E-state index in [0.717, 1.165) is 123 Å². The van der Waals surface area contributed by atoms with Crippen molar-refractivity contribution >= 4 is 108 Å². The molecular weight excluding hydrogens is 1440 g/mol. The van der Waals surface area contributed by atoms with E-state index in [9.17, 15) is 0 Å². The number of anilines is 9. The van der Waals surface area contributed by atoms with Crippen molar-refractivity contribution in [2.45, 2.75) is 84.0 Å². The fourth-order valence-corrected chi connectivity index (χ4v) is 21.2. The van der Waals surface area contributed by atoms with Crippen LogP contribution in [0.4, 0.5) is 51.2 Å². The maximum Gasteiger partial charge on any atom is 0.256 e. The van der Waals surface area contributed by atoms with Crippen LogP contribution in [0.15, 0.2) is 364 Å². The van der Waals surface area contributed by atoms with Gasteiger partial charge in [-0.2, -0.15) is 0 Å². The van der Waals surface area contributed by atoms with Crippen LogP contribution in [0.1, 0.15) is 101 Å². The fraction of sp³-hybridized carbons (Fsp3) is 0.115. The summed E-state index contributed by atoms with van der Waals surface area (Å²) in [6.07, 6.45) is 0. The molecule has 0 bridgehead atoms. The van der Waals surface area contributed by atoms with Crippen LogP contribution in [0, 0.1) is 0 Å². The average Bonchev–Trinajstić information content (AvgIpc) is 1.67. The SMILES string of the molecule is CC(C)(C)c1cc(-c2ccccc2)c(N2c3cc4c(cc3B3c5ccccc5N(c5ccccc5)c5cc(C(C)(C)C)cc2c53)B2c3ccccc3N(c3c(-c5ccccc5)cc(C(C)(C)C)cc3-c3ccccc3)c3c2c(cc2cc(-c5cccc6c5C5(c7ccccc7-c7ccccc75)c5ccccc5-6)ccc32)O4)c(-c2ccccc2)c1. The highest BCUT2D eigenvalue weighted by atomic mass is 16.5. The topological polar surface area (TPSA) is 19.0 Å². The Bertz CT molecular complexity index is 6910. The van der Waals surface area contributed by atoms with Crippen molar-refractivity contribution in [3.05, 3.63) is 403 Å². The molecule has 23 rings (SSSR count). The van der Waals surface area contributed by atoms with Gasteiger partial charge in [-0.3, -0.25) is 0 Å². The minimum atomic E-state index is -0.573. The van der Waals surface area contributed by atoms with Gasteiger partial charge in [-0.25, -0.2) is 0 Å². The number of para-hydroxylation sites is 3. The summed E-state index contributed by atoms with van der Waals surface area (Å²) in [5.74, 6) is 1.67. The third-order valence-corrected chi connectivity index (χ3v) is 26.7. The van der Waals surface area contributed by atoms with Gasteiger partial charge in [0.15, 0.2) is 0 Å². The van der Waals surface area contributed by atoms with Crippen molar-refractivity contribution in [2.24, 2.45) is 0 Å². The summed E-state index contributed by atoms with van der Waals surface area (Å²) >= 11 is 0. The first kappa shape index (κ1) is 70.7. The molecule has 119 heavy (non-hydrogen) atoms. The molecule has 17 aromatic rings. The molecule has 1 spiro atoms. The molecule has 6 aliphatic rings. The van der Waals surface area contributed by atoms with Crippen LogP contribution >= 0.6 is 0 Å². The van der Waals surface area contributed by atoms with Gasteiger partial charge in [0.05, 0.1) is 22.5 Å². The van der Waals surface area contributed by atoms with E-state index in [0.29, 0.717) is 0 Å². The van der Waals surface area contributed by atoms with Crippen LogP contribution in [0.5, 0.6) is 11.5 Å². The molecule has 566 valence electrons. The molecular formula is C113H87B2N3O. The number of hydrogen-bond acceptors (Lipinski definition) is 4. The lowest BCUT2D eigenvalue weighted by Crippen LogP contribution is -2.64. The zero-order chi connectivity index (χ0) is 80.1. The molecule has 4 heterocycles. The second-order valence-electron chi connectivity index (χ2n) is 36.5. The van der Waals surface area contributed by atoms with Crippen LogP contribution in [0.3, 0.4) is 0 Å². The second-order valence-corrected chi connectivity index (χ2v) is 36.5. The van der Waals surface area contributed by atoms with Crippen molar-refractivity contribution in [2.75, 3.05) is 14.7 Å². The highest BCUT2D eigenvalue weighted by molar-refractivity contribution is 7.02. The zero-order valence-corrected chi connectivity index (χ0v) is 68.5. The summed E-state index contributed by atoms with van der Waals surface area (Å²) < 4.78 is 8.34. The van der Waals surface area contributed by atoms with Crippen molar-refractivity contribution in [3.63, 3.8) is 0 Å². The minimum absolute atomic E-state index is 0.199. The average molecular weight is 1520 g/mol. The molecule has 0 unspecified atom stereocenters. The van der Waals surface area contributed by atoms with E-state index < -0.39 is 5.41 Å². The van der Waals surface area contributed by atoms with Crippen LogP contribution in [-0.4, -0.2) is 13.4 Å². The van der Waals surface area contributed by atoms with Gasteiger partial charge in [0, 0.05) is 67.8 Å². The Morgan fingerprint density at radius 1 is 0.252 bits per heavy atom. The van der Waals surface area contributed by atoms with Crippen LogP contribution in [0.2, 0.25) is 0 Å². The van der Waals surface area contributed by atoms with Gasteiger partial charge in [0.25, 0.3) is 13.4 Å². The lowest BCUT2D eigenvalue weighted by Gasteiger charge is -2.47. The quantitative estimate of drug-likeness (QED) is 0.141. The summed E-state index contributed by atoms with van der Waals surface area (Å²) in [6.45, 7) is 20.7. The number of rotatable bonds is 8. The summed E-state index contributed by atoms with van der Waals surface area (Å²) in [4.78, 5) is 7.94. The van der Waals surface area contributed by atoms with E-state index in [1.807, 2.05) is 0 Å². The Morgan fingerprint density at radius 3 is 1.16 bits per heavy atom. The third-order valence-electron chi connectivity index (χ3n) is 26.7. The van der Waals surface area contributed by atoms with Crippen LogP contribution < -0.4 is 52.2 Å². The molecule has 4 nitrogen and oxygen atoms in total. The van der Waals surface area contributed by atoms with Gasteiger partial charge in [-0.1, -0.05) is 347 Å². The number of hydrogen-bond donors (Lipinski definition) is 0. The number of benzene rings is 17. The van der Waals surface area contributed by atoms with Gasteiger partial charge >= 0.3 is 0 Å². The molecule has 2 aliphatic carbocycles. The highest BCUT2D eigenvalue weighted by Gasteiger charge is 2.54.